The minimum absolute atomic E-state index is 0.169. The lowest BCUT2D eigenvalue weighted by Crippen LogP contribution is -2.51. The van der Waals surface area contributed by atoms with Crippen molar-refractivity contribution >= 4 is 11.8 Å². The zero-order chi connectivity index (χ0) is 14.3. The lowest BCUT2D eigenvalue weighted by molar-refractivity contribution is -0.111. The molecular weight excluding hydrogens is 272 g/mol. The van der Waals surface area contributed by atoms with Crippen LogP contribution in [0.25, 0.3) is 0 Å². The van der Waals surface area contributed by atoms with E-state index >= 15 is 0 Å². The van der Waals surface area contributed by atoms with Gasteiger partial charge < -0.3 is 15.2 Å². The topological polar surface area (TPSA) is 47.7 Å². The fourth-order valence-corrected chi connectivity index (χ4v) is 4.62. The van der Waals surface area contributed by atoms with E-state index in [0.717, 1.165) is 45.7 Å². The van der Waals surface area contributed by atoms with Gasteiger partial charge >= 0.3 is 0 Å². The summed E-state index contributed by atoms with van der Waals surface area (Å²) in [5.41, 5.74) is 5.85. The highest BCUT2D eigenvalue weighted by Gasteiger charge is 2.40. The maximum absolute atomic E-state index is 6.20. The molecule has 0 aromatic heterocycles. The lowest BCUT2D eigenvalue weighted by atomic mass is 9.84. The van der Waals surface area contributed by atoms with Crippen LogP contribution in [0, 0.1) is 0 Å². The zero-order valence-electron chi connectivity index (χ0n) is 12.8. The number of methoxy groups -OCH3 is 1. The Morgan fingerprint density at radius 2 is 2.15 bits per heavy atom. The number of nitrogens with two attached hydrogens (primary N) is 1. The van der Waals surface area contributed by atoms with E-state index < -0.39 is 0 Å². The highest BCUT2D eigenvalue weighted by Crippen LogP contribution is 2.38. The van der Waals surface area contributed by atoms with Gasteiger partial charge in [0.2, 0.25) is 0 Å². The molecule has 0 saturated carbocycles. The molecule has 5 heteroatoms. The molecule has 2 rings (SSSR count). The Labute approximate surface area is 127 Å². The quantitative estimate of drug-likeness (QED) is 0.776. The maximum Gasteiger partial charge on any atom is 0.0713 e. The zero-order valence-corrected chi connectivity index (χ0v) is 13.6. The number of nitrogens with zero attached hydrogens (tertiary/aromatic N) is 1. The van der Waals surface area contributed by atoms with Crippen molar-refractivity contribution < 1.29 is 9.47 Å². The van der Waals surface area contributed by atoms with Crippen molar-refractivity contribution in [1.29, 1.82) is 0 Å². The van der Waals surface area contributed by atoms with Gasteiger partial charge in [0.15, 0.2) is 0 Å². The van der Waals surface area contributed by atoms with Crippen LogP contribution in [0.1, 0.15) is 32.1 Å². The van der Waals surface area contributed by atoms with Crippen LogP contribution in [0.2, 0.25) is 0 Å². The summed E-state index contributed by atoms with van der Waals surface area (Å²) in [5.74, 6) is 2.52. The Hall–Kier alpha value is 0.190. The van der Waals surface area contributed by atoms with E-state index in [2.05, 4.69) is 16.7 Å². The third-order valence-corrected chi connectivity index (χ3v) is 5.61. The summed E-state index contributed by atoms with van der Waals surface area (Å²) in [6, 6.07) is 0.647. The minimum Gasteiger partial charge on any atom is -0.383 e. The number of ether oxygens (including phenoxy) is 2. The van der Waals surface area contributed by atoms with E-state index in [1.807, 2.05) is 0 Å². The minimum atomic E-state index is 0.169. The first kappa shape index (κ1) is 16.6. The molecule has 0 bridgehead atoms. The Morgan fingerprint density at radius 3 is 2.85 bits per heavy atom. The summed E-state index contributed by atoms with van der Waals surface area (Å²) < 4.78 is 11.5. The van der Waals surface area contributed by atoms with Gasteiger partial charge in [0.25, 0.3) is 0 Å². The van der Waals surface area contributed by atoms with Crippen LogP contribution < -0.4 is 5.73 Å². The largest absolute Gasteiger partial charge is 0.383 e. The van der Waals surface area contributed by atoms with Crippen LogP contribution in [0.4, 0.5) is 0 Å². The normalized spacial score (nSPS) is 26.2. The van der Waals surface area contributed by atoms with Gasteiger partial charge in [-0.1, -0.05) is 0 Å². The van der Waals surface area contributed by atoms with Gasteiger partial charge in [0.05, 0.1) is 12.2 Å². The molecule has 2 aliphatic heterocycles. The monoisotopic (exact) mass is 302 g/mol. The third kappa shape index (κ3) is 4.60. The molecule has 2 heterocycles. The second-order valence-corrected chi connectivity index (χ2v) is 7.19. The second-order valence-electron chi connectivity index (χ2n) is 5.96. The molecule has 0 aromatic carbocycles. The van der Waals surface area contributed by atoms with E-state index in [1.54, 1.807) is 7.11 Å². The molecule has 1 unspecified atom stereocenters. The first-order valence-corrected chi connectivity index (χ1v) is 9.10. The fourth-order valence-electron chi connectivity index (χ4n) is 3.39. The summed E-state index contributed by atoms with van der Waals surface area (Å²) in [5, 5.41) is 0. The molecule has 1 spiro atoms. The van der Waals surface area contributed by atoms with Gasteiger partial charge in [-0.3, -0.25) is 4.90 Å². The summed E-state index contributed by atoms with van der Waals surface area (Å²) in [6.45, 7) is 4.61. The van der Waals surface area contributed by atoms with Crippen LogP contribution in [-0.2, 0) is 9.47 Å². The molecule has 0 amide bonds. The Kier molecular flexibility index (Phi) is 7.11. The van der Waals surface area contributed by atoms with E-state index in [9.17, 15) is 0 Å². The summed E-state index contributed by atoms with van der Waals surface area (Å²) in [6.07, 6.45) is 5.88. The Morgan fingerprint density at radius 1 is 1.35 bits per heavy atom. The molecule has 118 valence electrons. The summed E-state index contributed by atoms with van der Waals surface area (Å²) in [4.78, 5) is 2.59. The average Bonchev–Trinajstić information content (AvgIpc) is 2.48. The first-order valence-electron chi connectivity index (χ1n) is 7.94. The average molecular weight is 302 g/mol. The van der Waals surface area contributed by atoms with Crippen LogP contribution >= 0.6 is 11.8 Å². The highest BCUT2D eigenvalue weighted by atomic mass is 32.2. The number of hydrogen-bond acceptors (Lipinski definition) is 5. The van der Waals surface area contributed by atoms with E-state index in [-0.39, 0.29) is 5.60 Å². The molecule has 0 radical (unpaired) electrons. The smallest absolute Gasteiger partial charge is 0.0713 e. The molecule has 2 N–H and O–H groups in total. The van der Waals surface area contributed by atoms with Crippen LogP contribution in [0.15, 0.2) is 0 Å². The third-order valence-electron chi connectivity index (χ3n) is 4.62. The standard InChI is InChI=1S/C15H30N2O2S/c1-18-10-8-17(7-2-6-16)14-3-9-19-15(13-14)4-11-20-12-5-15/h14H,2-13,16H2,1H3. The van der Waals surface area contributed by atoms with E-state index in [4.69, 9.17) is 15.2 Å². The summed E-state index contributed by atoms with van der Waals surface area (Å²) in [7, 11) is 1.78. The first-order chi connectivity index (χ1) is 9.79. The van der Waals surface area contributed by atoms with Crippen molar-refractivity contribution in [3.05, 3.63) is 0 Å². The number of rotatable bonds is 7. The van der Waals surface area contributed by atoms with Crippen molar-refractivity contribution in [3.63, 3.8) is 0 Å². The Balaban J connectivity index is 1.92. The maximum atomic E-state index is 6.20. The van der Waals surface area contributed by atoms with Crippen molar-refractivity contribution in [3.8, 4) is 0 Å². The fraction of sp³-hybridized carbons (Fsp3) is 1.00. The molecule has 2 saturated heterocycles. The second kappa shape index (κ2) is 8.59. The van der Waals surface area contributed by atoms with E-state index in [1.165, 1.54) is 30.8 Å². The van der Waals surface area contributed by atoms with Gasteiger partial charge in [-0.25, -0.2) is 0 Å². The van der Waals surface area contributed by atoms with Crippen molar-refractivity contribution in [2.75, 3.05) is 51.5 Å². The van der Waals surface area contributed by atoms with Gasteiger partial charge in [-0.2, -0.15) is 11.8 Å². The predicted molar refractivity (Wildman–Crippen MR) is 85.4 cm³/mol. The van der Waals surface area contributed by atoms with Crippen LogP contribution in [0.3, 0.4) is 0 Å². The number of hydrogen-bond donors (Lipinski definition) is 1. The highest BCUT2D eigenvalue weighted by molar-refractivity contribution is 7.99. The van der Waals surface area contributed by atoms with Gasteiger partial charge in [0, 0.05) is 26.3 Å². The molecule has 0 aromatic rings. The molecule has 2 aliphatic rings. The Bertz CT molecular complexity index is 259. The van der Waals surface area contributed by atoms with Gasteiger partial charge in [0.1, 0.15) is 0 Å². The molecule has 20 heavy (non-hydrogen) atoms. The lowest BCUT2D eigenvalue weighted by Gasteiger charge is -2.46. The van der Waals surface area contributed by atoms with Crippen LogP contribution in [0.5, 0.6) is 0 Å². The predicted octanol–water partition coefficient (Wildman–Crippen LogP) is 1.73. The molecular formula is C15H30N2O2S. The molecule has 0 aliphatic carbocycles. The van der Waals surface area contributed by atoms with Crippen LogP contribution in [-0.4, -0.2) is 68.0 Å². The van der Waals surface area contributed by atoms with Gasteiger partial charge in [-0.05, 0) is 56.7 Å². The van der Waals surface area contributed by atoms with Crippen molar-refractivity contribution in [1.82, 2.24) is 4.90 Å². The van der Waals surface area contributed by atoms with E-state index in [0.29, 0.717) is 6.04 Å². The number of thioether (sulfide) groups is 1. The molecule has 2 fully saturated rings. The van der Waals surface area contributed by atoms with Crippen molar-refractivity contribution in [2.24, 2.45) is 5.73 Å². The molecule has 1 atom stereocenters. The van der Waals surface area contributed by atoms with Crippen molar-refractivity contribution in [2.45, 2.75) is 43.7 Å². The summed E-state index contributed by atoms with van der Waals surface area (Å²) >= 11 is 2.07. The SMILES string of the molecule is COCCN(CCCN)C1CCOC2(CCSCC2)C1. The van der Waals surface area contributed by atoms with Gasteiger partial charge in [-0.15, -0.1) is 0 Å². The molecule has 4 nitrogen and oxygen atoms in total.